The first-order chi connectivity index (χ1) is 6.84. The molecule has 0 radical (unpaired) electrons. The lowest BCUT2D eigenvalue weighted by atomic mass is 9.82. The number of halogens is 2. The molecular weight excluding hydrogens is 229 g/mol. The second-order valence-electron chi connectivity index (χ2n) is 4.79. The van der Waals surface area contributed by atoms with E-state index in [1.807, 2.05) is 19.2 Å². The van der Waals surface area contributed by atoms with Gasteiger partial charge in [0.25, 0.3) is 0 Å². The highest BCUT2D eigenvalue weighted by Crippen LogP contribution is 2.34. The monoisotopic (exact) mass is 245 g/mol. The van der Waals surface area contributed by atoms with Gasteiger partial charge < -0.3 is 5.32 Å². The maximum Gasteiger partial charge on any atom is 0.0424 e. The number of benzene rings is 1. The molecule has 84 valence electrons. The van der Waals surface area contributed by atoms with Crippen molar-refractivity contribution in [2.75, 3.05) is 7.05 Å². The highest BCUT2D eigenvalue weighted by atomic mass is 35.5. The summed E-state index contributed by atoms with van der Waals surface area (Å²) in [4.78, 5) is 0. The SMILES string of the molecule is CNC(c1cc(Cl)cc(Cl)c1)C(C)(C)C. The topological polar surface area (TPSA) is 12.0 Å². The highest BCUT2D eigenvalue weighted by molar-refractivity contribution is 6.34. The molecule has 1 nitrogen and oxygen atoms in total. The van der Waals surface area contributed by atoms with Crippen molar-refractivity contribution >= 4 is 23.2 Å². The van der Waals surface area contributed by atoms with E-state index >= 15 is 0 Å². The maximum absolute atomic E-state index is 5.99. The second-order valence-corrected chi connectivity index (χ2v) is 5.66. The third-order valence-corrected chi connectivity index (χ3v) is 2.81. The molecule has 1 unspecified atom stereocenters. The van der Waals surface area contributed by atoms with Gasteiger partial charge in [0.15, 0.2) is 0 Å². The Balaban J connectivity index is 3.13. The van der Waals surface area contributed by atoms with E-state index in [0.29, 0.717) is 10.0 Å². The van der Waals surface area contributed by atoms with Gasteiger partial charge in [-0.15, -0.1) is 0 Å². The molecule has 3 heteroatoms. The van der Waals surface area contributed by atoms with Crippen molar-refractivity contribution in [3.8, 4) is 0 Å². The van der Waals surface area contributed by atoms with Crippen molar-refractivity contribution in [1.82, 2.24) is 5.32 Å². The van der Waals surface area contributed by atoms with E-state index in [9.17, 15) is 0 Å². The third-order valence-electron chi connectivity index (χ3n) is 2.37. The number of hydrogen-bond acceptors (Lipinski definition) is 1. The summed E-state index contributed by atoms with van der Waals surface area (Å²) in [5.41, 5.74) is 1.26. The first-order valence-corrected chi connectivity index (χ1v) is 5.73. The Kier molecular flexibility index (Phi) is 4.05. The minimum atomic E-state index is 0.128. The predicted octanol–water partition coefficient (Wildman–Crippen LogP) is 4.30. The van der Waals surface area contributed by atoms with Crippen molar-refractivity contribution in [1.29, 1.82) is 0 Å². The van der Waals surface area contributed by atoms with Crippen LogP contribution in [0.1, 0.15) is 32.4 Å². The molecular formula is C12H17Cl2N. The molecule has 0 aliphatic heterocycles. The molecule has 0 amide bonds. The maximum atomic E-state index is 5.99. The fraction of sp³-hybridized carbons (Fsp3) is 0.500. The molecule has 0 heterocycles. The zero-order valence-electron chi connectivity index (χ0n) is 9.57. The van der Waals surface area contributed by atoms with Crippen LogP contribution in [0.4, 0.5) is 0 Å². The van der Waals surface area contributed by atoms with Gasteiger partial charge in [-0.3, -0.25) is 0 Å². The van der Waals surface area contributed by atoms with E-state index in [0.717, 1.165) is 5.56 Å². The lowest BCUT2D eigenvalue weighted by Gasteiger charge is -2.31. The van der Waals surface area contributed by atoms with E-state index in [2.05, 4.69) is 26.1 Å². The van der Waals surface area contributed by atoms with Crippen LogP contribution in [0.2, 0.25) is 10.0 Å². The van der Waals surface area contributed by atoms with Gasteiger partial charge in [-0.2, -0.15) is 0 Å². The molecule has 15 heavy (non-hydrogen) atoms. The molecule has 0 aliphatic rings. The Labute approximate surface area is 102 Å². The summed E-state index contributed by atoms with van der Waals surface area (Å²) >= 11 is 12.0. The molecule has 1 atom stereocenters. The molecule has 0 aliphatic carbocycles. The summed E-state index contributed by atoms with van der Waals surface area (Å²) in [6, 6.07) is 5.91. The summed E-state index contributed by atoms with van der Waals surface area (Å²) in [5.74, 6) is 0. The normalized spacial score (nSPS) is 14.0. The van der Waals surface area contributed by atoms with Crippen LogP contribution >= 0.6 is 23.2 Å². The molecule has 0 bridgehead atoms. The number of hydrogen-bond donors (Lipinski definition) is 1. The molecule has 1 N–H and O–H groups in total. The summed E-state index contributed by atoms with van der Waals surface area (Å²) in [6.07, 6.45) is 0. The van der Waals surface area contributed by atoms with Gasteiger partial charge >= 0.3 is 0 Å². The first kappa shape index (κ1) is 12.8. The smallest absolute Gasteiger partial charge is 0.0424 e. The zero-order valence-corrected chi connectivity index (χ0v) is 11.1. The standard InChI is InChI=1S/C12H17Cl2N/c1-12(2,3)11(15-4)8-5-9(13)7-10(14)6-8/h5-7,11,15H,1-4H3. The van der Waals surface area contributed by atoms with Crippen molar-refractivity contribution in [3.63, 3.8) is 0 Å². The van der Waals surface area contributed by atoms with E-state index in [4.69, 9.17) is 23.2 Å². The van der Waals surface area contributed by atoms with Crippen LogP contribution in [0.25, 0.3) is 0 Å². The largest absolute Gasteiger partial charge is 0.313 e. The molecule has 0 fully saturated rings. The van der Waals surface area contributed by atoms with Crippen molar-refractivity contribution in [3.05, 3.63) is 33.8 Å². The fourth-order valence-electron chi connectivity index (χ4n) is 1.84. The lowest BCUT2D eigenvalue weighted by Crippen LogP contribution is -2.29. The first-order valence-electron chi connectivity index (χ1n) is 4.98. The van der Waals surface area contributed by atoms with Crippen LogP contribution in [0.3, 0.4) is 0 Å². The van der Waals surface area contributed by atoms with Crippen molar-refractivity contribution in [2.24, 2.45) is 5.41 Å². The summed E-state index contributed by atoms with van der Waals surface area (Å²) in [7, 11) is 1.95. The molecule has 0 saturated carbocycles. The van der Waals surface area contributed by atoms with Crippen LogP contribution in [0.5, 0.6) is 0 Å². The number of rotatable bonds is 2. The van der Waals surface area contributed by atoms with Crippen LogP contribution in [0.15, 0.2) is 18.2 Å². The molecule has 1 aromatic rings. The van der Waals surface area contributed by atoms with Gasteiger partial charge in [-0.05, 0) is 36.2 Å². The molecule has 0 aromatic heterocycles. The molecule has 0 saturated heterocycles. The minimum absolute atomic E-state index is 0.128. The van der Waals surface area contributed by atoms with Crippen molar-refractivity contribution < 1.29 is 0 Å². The van der Waals surface area contributed by atoms with E-state index in [-0.39, 0.29) is 11.5 Å². The zero-order chi connectivity index (χ0) is 11.6. The van der Waals surface area contributed by atoms with Crippen LogP contribution < -0.4 is 5.32 Å². The number of nitrogens with one attached hydrogen (secondary N) is 1. The van der Waals surface area contributed by atoms with E-state index in [1.165, 1.54) is 0 Å². The van der Waals surface area contributed by atoms with Crippen LogP contribution in [-0.4, -0.2) is 7.05 Å². The van der Waals surface area contributed by atoms with Crippen LogP contribution in [-0.2, 0) is 0 Å². The van der Waals surface area contributed by atoms with Gasteiger partial charge in [-0.1, -0.05) is 44.0 Å². The van der Waals surface area contributed by atoms with Gasteiger partial charge in [0.05, 0.1) is 0 Å². The Bertz CT molecular complexity index is 322. The van der Waals surface area contributed by atoms with Gasteiger partial charge in [0.1, 0.15) is 0 Å². The van der Waals surface area contributed by atoms with Crippen molar-refractivity contribution in [2.45, 2.75) is 26.8 Å². The van der Waals surface area contributed by atoms with Gasteiger partial charge in [0, 0.05) is 16.1 Å². The Morgan fingerprint density at radius 1 is 1.07 bits per heavy atom. The third kappa shape index (κ3) is 3.37. The lowest BCUT2D eigenvalue weighted by molar-refractivity contribution is 0.287. The summed E-state index contributed by atoms with van der Waals surface area (Å²) in [5, 5.41) is 4.66. The Morgan fingerprint density at radius 3 is 1.87 bits per heavy atom. The Morgan fingerprint density at radius 2 is 1.53 bits per heavy atom. The Hall–Kier alpha value is -0.240. The second kappa shape index (κ2) is 4.73. The fourth-order valence-corrected chi connectivity index (χ4v) is 2.38. The molecule has 1 aromatic carbocycles. The van der Waals surface area contributed by atoms with E-state index in [1.54, 1.807) is 6.07 Å². The molecule has 0 spiro atoms. The average molecular weight is 246 g/mol. The predicted molar refractivity (Wildman–Crippen MR) is 67.7 cm³/mol. The average Bonchev–Trinajstić information content (AvgIpc) is 1.99. The minimum Gasteiger partial charge on any atom is -0.313 e. The van der Waals surface area contributed by atoms with Gasteiger partial charge in [-0.25, -0.2) is 0 Å². The summed E-state index contributed by atoms with van der Waals surface area (Å²) < 4.78 is 0. The van der Waals surface area contributed by atoms with Crippen LogP contribution in [0, 0.1) is 5.41 Å². The highest BCUT2D eigenvalue weighted by Gasteiger charge is 2.24. The quantitative estimate of drug-likeness (QED) is 0.820. The summed E-state index contributed by atoms with van der Waals surface area (Å²) in [6.45, 7) is 6.55. The van der Waals surface area contributed by atoms with Gasteiger partial charge in [0.2, 0.25) is 0 Å². The van der Waals surface area contributed by atoms with E-state index < -0.39 is 0 Å². The molecule has 1 rings (SSSR count).